The molecule has 0 spiro atoms. The lowest BCUT2D eigenvalue weighted by Crippen LogP contribution is -2.50. The first kappa shape index (κ1) is 15.0. The molecule has 0 aliphatic carbocycles. The van der Waals surface area contributed by atoms with E-state index in [1.807, 2.05) is 6.07 Å². The summed E-state index contributed by atoms with van der Waals surface area (Å²) in [5.41, 5.74) is 0.135. The second-order valence-corrected chi connectivity index (χ2v) is 5.32. The van der Waals surface area contributed by atoms with E-state index in [2.05, 4.69) is 10.1 Å². The number of nitrogens with one attached hydrogen (secondary N) is 1. The molecular formula is C15H17N5O3. The molecule has 1 N–H and O–H groups in total. The molecule has 0 atom stereocenters. The highest BCUT2D eigenvalue weighted by atomic mass is 16.2. The van der Waals surface area contributed by atoms with Crippen LogP contribution in [0.4, 0.5) is 0 Å². The Balaban J connectivity index is 1.77. The molecule has 1 fully saturated rings. The number of carbonyl (C=O) groups excluding carboxylic acids is 2. The van der Waals surface area contributed by atoms with Crippen LogP contribution < -0.4 is 5.69 Å². The summed E-state index contributed by atoms with van der Waals surface area (Å²) in [4.78, 5) is 41.5. The van der Waals surface area contributed by atoms with E-state index < -0.39 is 5.69 Å². The molecule has 120 valence electrons. The number of H-pyrrole nitrogens is 1. The normalized spacial score (nSPS) is 14.8. The Morgan fingerprint density at radius 2 is 1.65 bits per heavy atom. The molecule has 3 rings (SSSR count). The first-order valence-electron chi connectivity index (χ1n) is 7.36. The van der Waals surface area contributed by atoms with E-state index in [9.17, 15) is 14.4 Å². The lowest BCUT2D eigenvalue weighted by Gasteiger charge is -2.33. The van der Waals surface area contributed by atoms with Gasteiger partial charge in [0.25, 0.3) is 5.91 Å². The van der Waals surface area contributed by atoms with E-state index >= 15 is 0 Å². The van der Waals surface area contributed by atoms with Gasteiger partial charge in [-0.3, -0.25) is 14.6 Å². The number of amides is 2. The lowest BCUT2D eigenvalue weighted by molar-refractivity contribution is -0.130. The number of benzene rings is 1. The van der Waals surface area contributed by atoms with Gasteiger partial charge in [0.05, 0.1) is 5.69 Å². The highest BCUT2D eigenvalue weighted by Crippen LogP contribution is 2.07. The average molecular weight is 315 g/mol. The Bertz CT molecular complexity index is 772. The van der Waals surface area contributed by atoms with Crippen molar-refractivity contribution in [3.05, 3.63) is 46.6 Å². The van der Waals surface area contributed by atoms with Gasteiger partial charge in [-0.05, 0) is 12.1 Å². The number of rotatable bonds is 2. The quantitative estimate of drug-likeness (QED) is 0.835. The zero-order valence-electron chi connectivity index (χ0n) is 12.7. The van der Waals surface area contributed by atoms with Crippen molar-refractivity contribution in [1.82, 2.24) is 24.6 Å². The van der Waals surface area contributed by atoms with E-state index in [1.54, 1.807) is 34.1 Å². The van der Waals surface area contributed by atoms with Gasteiger partial charge in [0.2, 0.25) is 11.7 Å². The van der Waals surface area contributed by atoms with Crippen LogP contribution in [0.5, 0.6) is 0 Å². The Morgan fingerprint density at radius 3 is 2.26 bits per heavy atom. The molecule has 1 aliphatic rings. The molecule has 0 unspecified atom stereocenters. The minimum absolute atomic E-state index is 0.00105. The van der Waals surface area contributed by atoms with Crippen LogP contribution in [-0.4, -0.2) is 62.6 Å². The van der Waals surface area contributed by atoms with Gasteiger partial charge < -0.3 is 9.80 Å². The van der Waals surface area contributed by atoms with Crippen LogP contribution in [0.2, 0.25) is 0 Å². The summed E-state index contributed by atoms with van der Waals surface area (Å²) in [7, 11) is 0. The number of nitrogens with zero attached hydrogens (tertiary/aromatic N) is 4. The van der Waals surface area contributed by atoms with Crippen molar-refractivity contribution in [3.8, 4) is 5.69 Å². The van der Waals surface area contributed by atoms with Crippen LogP contribution >= 0.6 is 0 Å². The van der Waals surface area contributed by atoms with Gasteiger partial charge in [-0.2, -0.15) is 4.68 Å². The maximum absolute atomic E-state index is 12.4. The van der Waals surface area contributed by atoms with Crippen molar-refractivity contribution in [2.24, 2.45) is 0 Å². The SMILES string of the molecule is CC(=O)N1CCN(C(=O)c2nn(-c3ccccc3)c(=O)[nH]2)CC1. The van der Waals surface area contributed by atoms with Crippen LogP contribution in [0.15, 0.2) is 35.1 Å². The lowest BCUT2D eigenvalue weighted by atomic mass is 10.3. The Hall–Kier alpha value is -2.90. The van der Waals surface area contributed by atoms with Crippen molar-refractivity contribution in [2.45, 2.75) is 6.92 Å². The molecular weight excluding hydrogens is 298 g/mol. The fourth-order valence-electron chi connectivity index (χ4n) is 2.54. The Morgan fingerprint density at radius 1 is 1.04 bits per heavy atom. The largest absolute Gasteiger partial charge is 0.348 e. The smallest absolute Gasteiger partial charge is 0.339 e. The molecule has 1 aromatic heterocycles. The third kappa shape index (κ3) is 3.01. The molecule has 23 heavy (non-hydrogen) atoms. The van der Waals surface area contributed by atoms with Crippen molar-refractivity contribution < 1.29 is 9.59 Å². The van der Waals surface area contributed by atoms with Crippen molar-refractivity contribution in [2.75, 3.05) is 26.2 Å². The van der Waals surface area contributed by atoms with E-state index in [0.29, 0.717) is 31.9 Å². The molecule has 2 heterocycles. The monoisotopic (exact) mass is 315 g/mol. The molecule has 8 heteroatoms. The van der Waals surface area contributed by atoms with Crippen molar-refractivity contribution in [1.29, 1.82) is 0 Å². The third-order valence-corrected chi connectivity index (χ3v) is 3.83. The van der Waals surface area contributed by atoms with Gasteiger partial charge in [0, 0.05) is 33.1 Å². The van der Waals surface area contributed by atoms with Gasteiger partial charge >= 0.3 is 5.69 Å². The summed E-state index contributed by atoms with van der Waals surface area (Å²) in [6, 6.07) is 8.89. The van der Waals surface area contributed by atoms with Gasteiger partial charge in [0.1, 0.15) is 0 Å². The number of hydrogen-bond acceptors (Lipinski definition) is 4. The minimum Gasteiger partial charge on any atom is -0.339 e. The summed E-state index contributed by atoms with van der Waals surface area (Å²) >= 11 is 0. The first-order valence-corrected chi connectivity index (χ1v) is 7.36. The minimum atomic E-state index is -0.457. The van der Waals surface area contributed by atoms with Crippen LogP contribution in [0.25, 0.3) is 5.69 Å². The standard InChI is InChI=1S/C15H17N5O3/c1-11(21)18-7-9-19(10-8-18)14(22)13-16-15(23)20(17-13)12-5-3-2-4-6-12/h2-6H,7-10H2,1H3,(H,16,17,23). The van der Waals surface area contributed by atoms with Gasteiger partial charge in [0.15, 0.2) is 0 Å². The molecule has 0 bridgehead atoms. The van der Waals surface area contributed by atoms with Crippen LogP contribution in [0, 0.1) is 0 Å². The molecule has 1 aliphatic heterocycles. The highest BCUT2D eigenvalue weighted by Gasteiger charge is 2.25. The van der Waals surface area contributed by atoms with Crippen molar-refractivity contribution in [3.63, 3.8) is 0 Å². The number of hydrogen-bond donors (Lipinski definition) is 1. The molecule has 1 aromatic carbocycles. The van der Waals surface area contributed by atoms with E-state index in [-0.39, 0.29) is 17.6 Å². The van der Waals surface area contributed by atoms with Crippen LogP contribution in [0.1, 0.15) is 17.5 Å². The Labute approximate surface area is 132 Å². The summed E-state index contributed by atoms with van der Waals surface area (Å²) < 4.78 is 1.17. The molecule has 2 amide bonds. The van der Waals surface area contributed by atoms with E-state index in [0.717, 1.165) is 0 Å². The Kier molecular flexibility index (Phi) is 3.96. The number of aromatic nitrogens is 3. The molecule has 2 aromatic rings. The predicted octanol–water partition coefficient (Wildman–Crippen LogP) is -0.135. The second-order valence-electron chi connectivity index (χ2n) is 5.32. The summed E-state index contributed by atoms with van der Waals surface area (Å²) in [5.74, 6) is -0.325. The summed E-state index contributed by atoms with van der Waals surface area (Å²) in [6.07, 6.45) is 0. The zero-order chi connectivity index (χ0) is 16.4. The summed E-state index contributed by atoms with van der Waals surface area (Å²) in [5, 5.41) is 4.09. The zero-order valence-corrected chi connectivity index (χ0v) is 12.7. The fraction of sp³-hybridized carbons (Fsp3) is 0.333. The van der Waals surface area contributed by atoms with Gasteiger partial charge in [-0.1, -0.05) is 18.2 Å². The first-order chi connectivity index (χ1) is 11.1. The molecule has 8 nitrogen and oxygen atoms in total. The van der Waals surface area contributed by atoms with Gasteiger partial charge in [-0.25, -0.2) is 4.79 Å². The van der Waals surface area contributed by atoms with Crippen LogP contribution in [-0.2, 0) is 4.79 Å². The fourth-order valence-corrected chi connectivity index (χ4v) is 2.54. The maximum Gasteiger partial charge on any atom is 0.348 e. The van der Waals surface area contributed by atoms with E-state index in [4.69, 9.17) is 0 Å². The molecule has 1 saturated heterocycles. The van der Waals surface area contributed by atoms with Gasteiger partial charge in [-0.15, -0.1) is 5.10 Å². The highest BCUT2D eigenvalue weighted by molar-refractivity contribution is 5.90. The van der Waals surface area contributed by atoms with Crippen LogP contribution in [0.3, 0.4) is 0 Å². The molecule has 0 radical (unpaired) electrons. The van der Waals surface area contributed by atoms with E-state index in [1.165, 1.54) is 11.6 Å². The number of carbonyl (C=O) groups is 2. The maximum atomic E-state index is 12.4. The average Bonchev–Trinajstić information content (AvgIpc) is 2.97. The number of para-hydroxylation sites is 1. The van der Waals surface area contributed by atoms with Crippen molar-refractivity contribution >= 4 is 11.8 Å². The molecule has 0 saturated carbocycles. The predicted molar refractivity (Wildman–Crippen MR) is 82.3 cm³/mol. The third-order valence-electron chi connectivity index (χ3n) is 3.83. The topological polar surface area (TPSA) is 91.3 Å². The number of aromatic amines is 1. The number of piperazine rings is 1. The summed E-state index contributed by atoms with van der Waals surface area (Å²) in [6.45, 7) is 3.35. The second kappa shape index (κ2) is 6.07.